The number of nitrogens with zero attached hydrogens (tertiary/aromatic N) is 5. The molecule has 1 amide bonds. The Morgan fingerprint density at radius 2 is 1.76 bits per heavy atom. The van der Waals surface area contributed by atoms with E-state index in [1.54, 1.807) is 25.2 Å². The maximum Gasteiger partial charge on any atom is 0.260 e. The first-order chi connectivity index (χ1) is 20.0. The molecule has 0 bridgehead atoms. The lowest BCUT2D eigenvalue weighted by Gasteiger charge is -2.32. The normalized spacial score (nSPS) is 14.5. The molecule has 1 aliphatic rings. The van der Waals surface area contributed by atoms with Crippen LogP contribution in [0.15, 0.2) is 65.7 Å². The molecule has 0 aliphatic carbocycles. The first-order valence-electron chi connectivity index (χ1n) is 14.1. The summed E-state index contributed by atoms with van der Waals surface area (Å²) in [7, 11) is 3.81. The van der Waals surface area contributed by atoms with Crippen LogP contribution < -0.4 is 16.2 Å². The number of rotatable bonds is 7. The minimum Gasteiger partial charge on any atom is -0.355 e. The number of nitriles is 1. The summed E-state index contributed by atoms with van der Waals surface area (Å²) in [5.41, 5.74) is 5.35. The van der Waals surface area contributed by atoms with Crippen molar-refractivity contribution in [3.63, 3.8) is 0 Å². The number of hydrogen-bond acceptors (Lipinski definition) is 7. The van der Waals surface area contributed by atoms with Gasteiger partial charge in [0.15, 0.2) is 0 Å². The van der Waals surface area contributed by atoms with Crippen molar-refractivity contribution in [2.45, 2.75) is 32.7 Å². The van der Waals surface area contributed by atoms with Gasteiger partial charge in [-0.05, 0) is 87.0 Å². The second kappa shape index (κ2) is 11.8. The minimum absolute atomic E-state index is 0.123. The van der Waals surface area contributed by atoms with E-state index in [1.807, 2.05) is 51.1 Å². The zero-order valence-corrected chi connectivity index (χ0v) is 24.9. The highest BCUT2D eigenvalue weighted by atomic mass is 16.1. The molecule has 0 unspecified atom stereocenters. The van der Waals surface area contributed by atoms with E-state index in [0.29, 0.717) is 22.2 Å². The summed E-state index contributed by atoms with van der Waals surface area (Å²) in [4.78, 5) is 35.1. The summed E-state index contributed by atoms with van der Waals surface area (Å²) < 4.78 is 1.45. The molecule has 3 aromatic carbocycles. The van der Waals surface area contributed by atoms with Crippen molar-refractivity contribution < 1.29 is 4.79 Å². The summed E-state index contributed by atoms with van der Waals surface area (Å²) in [5, 5.41) is 16.8. The van der Waals surface area contributed by atoms with Gasteiger partial charge in [-0.3, -0.25) is 14.5 Å². The zero-order chi connectivity index (χ0) is 30.0. The van der Waals surface area contributed by atoms with E-state index in [9.17, 15) is 14.9 Å². The quantitative estimate of drug-likeness (QED) is 0.333. The molecule has 4 aromatic rings. The molecule has 0 spiro atoms. The van der Waals surface area contributed by atoms with Crippen LogP contribution in [0.4, 0.5) is 17.1 Å². The standard InChI is InChI=1S/C33H37N7O2/c1-22-6-7-24(16-30(22)36-26-8-9-29-28(18-26)32(42)39(5)21-35-29)31(41)37-27-15-23(14-25(17-27)33(2,3)20-34)19-40-12-10-38(4)11-13-40/h6-9,14-18,21,36H,10-13,19H2,1-5H3,(H,37,41). The average Bonchev–Trinajstić information content (AvgIpc) is 2.97. The Morgan fingerprint density at radius 1 is 1.00 bits per heavy atom. The molecule has 0 radical (unpaired) electrons. The summed E-state index contributed by atoms with van der Waals surface area (Å²) in [6, 6.07) is 19.3. The van der Waals surface area contributed by atoms with Gasteiger partial charge in [0, 0.05) is 62.4 Å². The number of fused-ring (bicyclic) bond motifs is 1. The van der Waals surface area contributed by atoms with E-state index in [1.165, 1.54) is 10.9 Å². The van der Waals surface area contributed by atoms with Gasteiger partial charge in [-0.15, -0.1) is 0 Å². The Bertz CT molecular complexity index is 1740. The van der Waals surface area contributed by atoms with Crippen LogP contribution in [0.5, 0.6) is 0 Å². The van der Waals surface area contributed by atoms with Crippen molar-refractivity contribution in [3.05, 3.63) is 93.5 Å². The summed E-state index contributed by atoms with van der Waals surface area (Å²) in [5.74, 6) is -0.243. The SMILES string of the molecule is Cc1ccc(C(=O)Nc2cc(CN3CCN(C)CC3)cc(C(C)(C)C#N)c2)cc1Nc1ccc2ncn(C)c(=O)c2c1. The molecule has 0 saturated carbocycles. The first-order valence-corrected chi connectivity index (χ1v) is 14.1. The van der Waals surface area contributed by atoms with Gasteiger partial charge >= 0.3 is 0 Å². The lowest BCUT2D eigenvalue weighted by atomic mass is 9.85. The fourth-order valence-electron chi connectivity index (χ4n) is 5.09. The molecular weight excluding hydrogens is 526 g/mol. The number of hydrogen-bond donors (Lipinski definition) is 2. The van der Waals surface area contributed by atoms with Gasteiger partial charge in [-0.25, -0.2) is 4.98 Å². The Hall–Kier alpha value is -4.52. The number of benzene rings is 3. The zero-order valence-electron chi connectivity index (χ0n) is 24.9. The highest BCUT2D eigenvalue weighted by Gasteiger charge is 2.23. The number of piperazine rings is 1. The molecule has 9 heteroatoms. The summed E-state index contributed by atoms with van der Waals surface area (Å²) in [6.45, 7) is 10.5. The summed E-state index contributed by atoms with van der Waals surface area (Å²) >= 11 is 0. The lowest BCUT2D eigenvalue weighted by molar-refractivity contribution is 0.102. The highest BCUT2D eigenvalue weighted by molar-refractivity contribution is 6.05. The number of anilines is 3. The van der Waals surface area contributed by atoms with Gasteiger partial charge in [0.2, 0.25) is 0 Å². The predicted octanol–water partition coefficient (Wildman–Crippen LogP) is 4.79. The Balaban J connectivity index is 1.39. The largest absolute Gasteiger partial charge is 0.355 e. The average molecular weight is 564 g/mol. The van der Waals surface area contributed by atoms with Crippen molar-refractivity contribution in [3.8, 4) is 6.07 Å². The molecule has 9 nitrogen and oxygen atoms in total. The third kappa shape index (κ3) is 6.35. The van der Waals surface area contributed by atoms with E-state index in [2.05, 4.69) is 44.6 Å². The van der Waals surface area contributed by atoms with Gasteiger partial charge in [-0.1, -0.05) is 12.1 Å². The third-order valence-corrected chi connectivity index (χ3v) is 7.95. The molecule has 2 heterocycles. The second-order valence-corrected chi connectivity index (χ2v) is 11.7. The number of carbonyl (C=O) groups excluding carboxylic acids is 1. The van der Waals surface area contributed by atoms with Crippen LogP contribution >= 0.6 is 0 Å². The van der Waals surface area contributed by atoms with Crippen molar-refractivity contribution >= 4 is 33.9 Å². The van der Waals surface area contributed by atoms with Gasteiger partial charge in [-0.2, -0.15) is 5.26 Å². The maximum atomic E-state index is 13.5. The van der Waals surface area contributed by atoms with Gasteiger partial charge in [0.1, 0.15) is 0 Å². The van der Waals surface area contributed by atoms with Crippen LogP contribution in [-0.2, 0) is 19.0 Å². The molecule has 1 aromatic heterocycles. The Labute approximate surface area is 246 Å². The number of amides is 1. The maximum absolute atomic E-state index is 13.5. The second-order valence-electron chi connectivity index (χ2n) is 11.7. The minimum atomic E-state index is -0.699. The molecule has 0 atom stereocenters. The number of aromatic nitrogens is 2. The molecular formula is C33H37N7O2. The third-order valence-electron chi connectivity index (χ3n) is 7.95. The highest BCUT2D eigenvalue weighted by Crippen LogP contribution is 2.29. The van der Waals surface area contributed by atoms with Gasteiger partial charge in [0.25, 0.3) is 11.5 Å². The van der Waals surface area contributed by atoms with Crippen molar-refractivity contribution in [2.75, 3.05) is 43.9 Å². The van der Waals surface area contributed by atoms with Crippen LogP contribution in [-0.4, -0.2) is 58.5 Å². The molecule has 5 rings (SSSR count). The number of likely N-dealkylation sites (N-methyl/N-ethyl adjacent to an activating group) is 1. The van der Waals surface area contributed by atoms with Crippen LogP contribution in [0.2, 0.25) is 0 Å². The lowest BCUT2D eigenvalue weighted by Crippen LogP contribution is -2.43. The number of nitrogens with one attached hydrogen (secondary N) is 2. The Kier molecular flexibility index (Phi) is 8.12. The fourth-order valence-corrected chi connectivity index (χ4v) is 5.09. The molecule has 1 saturated heterocycles. The van der Waals surface area contributed by atoms with Gasteiger partial charge < -0.3 is 20.1 Å². The van der Waals surface area contributed by atoms with E-state index in [0.717, 1.165) is 60.8 Å². The molecule has 1 fully saturated rings. The van der Waals surface area contributed by atoms with Crippen molar-refractivity contribution in [2.24, 2.45) is 7.05 Å². The van der Waals surface area contributed by atoms with Crippen LogP contribution in [0, 0.1) is 18.3 Å². The predicted molar refractivity (Wildman–Crippen MR) is 167 cm³/mol. The topological polar surface area (TPSA) is 106 Å². The molecule has 2 N–H and O–H groups in total. The van der Waals surface area contributed by atoms with E-state index < -0.39 is 5.41 Å². The molecule has 42 heavy (non-hydrogen) atoms. The smallest absolute Gasteiger partial charge is 0.260 e. The monoisotopic (exact) mass is 563 g/mol. The fraction of sp³-hybridized carbons (Fsp3) is 0.333. The van der Waals surface area contributed by atoms with Crippen LogP contribution in [0.25, 0.3) is 10.9 Å². The number of aryl methyl sites for hydroxylation is 2. The molecule has 216 valence electrons. The van der Waals surface area contributed by atoms with Crippen molar-refractivity contribution in [1.82, 2.24) is 19.4 Å². The molecule has 1 aliphatic heterocycles. The van der Waals surface area contributed by atoms with E-state index >= 15 is 0 Å². The van der Waals surface area contributed by atoms with Crippen LogP contribution in [0.1, 0.15) is 40.9 Å². The Morgan fingerprint density at radius 3 is 2.50 bits per heavy atom. The van der Waals surface area contributed by atoms with Crippen molar-refractivity contribution in [1.29, 1.82) is 5.26 Å². The van der Waals surface area contributed by atoms with E-state index in [-0.39, 0.29) is 11.5 Å². The first kappa shape index (κ1) is 29.0. The van der Waals surface area contributed by atoms with Crippen LogP contribution in [0.3, 0.4) is 0 Å². The van der Waals surface area contributed by atoms with E-state index in [4.69, 9.17) is 0 Å². The number of carbonyl (C=O) groups is 1. The van der Waals surface area contributed by atoms with Gasteiger partial charge in [0.05, 0.1) is 28.7 Å². The summed E-state index contributed by atoms with van der Waals surface area (Å²) in [6.07, 6.45) is 1.51.